The molecule has 1 fully saturated rings. The van der Waals surface area contributed by atoms with Crippen molar-refractivity contribution in [3.05, 3.63) is 60.1 Å². The molecular formula is C20H24N6. The number of nitrogens with zero attached hydrogens (tertiary/aromatic N) is 5. The lowest BCUT2D eigenvalue weighted by Gasteiger charge is -2.32. The van der Waals surface area contributed by atoms with E-state index in [1.807, 2.05) is 19.2 Å². The predicted octanol–water partition coefficient (Wildman–Crippen LogP) is 3.02. The van der Waals surface area contributed by atoms with Crippen LogP contribution in [0.5, 0.6) is 0 Å². The third-order valence-electron chi connectivity index (χ3n) is 4.90. The fraction of sp³-hybridized carbons (Fsp3) is 0.400. The second-order valence-electron chi connectivity index (χ2n) is 7.05. The van der Waals surface area contributed by atoms with Crippen molar-refractivity contribution in [1.29, 1.82) is 0 Å². The van der Waals surface area contributed by atoms with Crippen LogP contribution in [0.4, 0.5) is 0 Å². The van der Waals surface area contributed by atoms with E-state index in [9.17, 15) is 0 Å². The first-order valence-electron chi connectivity index (χ1n) is 9.22. The number of rotatable bonds is 5. The molecule has 4 rings (SSSR count). The highest BCUT2D eigenvalue weighted by atomic mass is 15.1. The largest absolute Gasteiger partial charge is 0.343 e. The molecule has 6 nitrogen and oxygen atoms in total. The number of pyridine rings is 1. The summed E-state index contributed by atoms with van der Waals surface area (Å²) >= 11 is 0. The van der Waals surface area contributed by atoms with Crippen LogP contribution in [0, 0.1) is 12.8 Å². The molecule has 0 bridgehead atoms. The molecule has 0 amide bonds. The zero-order valence-corrected chi connectivity index (χ0v) is 15.1. The minimum Gasteiger partial charge on any atom is -0.343 e. The summed E-state index contributed by atoms with van der Waals surface area (Å²) in [5.41, 5.74) is 4.19. The quantitative estimate of drug-likeness (QED) is 0.767. The van der Waals surface area contributed by atoms with Crippen molar-refractivity contribution >= 4 is 0 Å². The zero-order valence-electron chi connectivity index (χ0n) is 15.1. The number of aromatic amines is 1. The van der Waals surface area contributed by atoms with Crippen LogP contribution in [0.2, 0.25) is 0 Å². The molecule has 3 aromatic heterocycles. The van der Waals surface area contributed by atoms with Crippen molar-refractivity contribution in [2.45, 2.75) is 32.7 Å². The molecule has 0 aliphatic carbocycles. The Balaban J connectivity index is 1.40. The Morgan fingerprint density at radius 2 is 2.15 bits per heavy atom. The minimum absolute atomic E-state index is 0.618. The van der Waals surface area contributed by atoms with Crippen LogP contribution in [-0.4, -0.2) is 42.9 Å². The number of likely N-dealkylation sites (tertiary alicyclic amines) is 1. The topological polar surface area (TPSA) is 70.6 Å². The molecular weight excluding hydrogens is 324 g/mol. The zero-order chi connectivity index (χ0) is 17.8. The average molecular weight is 348 g/mol. The number of hydrogen-bond acceptors (Lipinski definition) is 5. The van der Waals surface area contributed by atoms with Crippen LogP contribution in [-0.2, 0) is 13.0 Å². The third kappa shape index (κ3) is 4.14. The van der Waals surface area contributed by atoms with Crippen LogP contribution in [0.3, 0.4) is 0 Å². The Hall–Kier alpha value is -2.60. The van der Waals surface area contributed by atoms with Gasteiger partial charge < -0.3 is 4.98 Å². The van der Waals surface area contributed by atoms with E-state index in [0.29, 0.717) is 5.92 Å². The molecule has 3 aromatic rings. The summed E-state index contributed by atoms with van der Waals surface area (Å²) in [6.45, 7) is 5.22. The highest BCUT2D eigenvalue weighted by Crippen LogP contribution is 2.22. The number of nitrogens with one attached hydrogen (secondary N) is 1. The van der Waals surface area contributed by atoms with Gasteiger partial charge in [-0.25, -0.2) is 15.0 Å². The van der Waals surface area contributed by atoms with Crippen molar-refractivity contribution in [2.75, 3.05) is 13.1 Å². The van der Waals surface area contributed by atoms with Crippen molar-refractivity contribution in [2.24, 2.45) is 5.92 Å². The van der Waals surface area contributed by atoms with Gasteiger partial charge in [-0.3, -0.25) is 9.88 Å². The molecule has 1 aliphatic heterocycles. The first-order chi connectivity index (χ1) is 12.8. The average Bonchev–Trinajstić information content (AvgIpc) is 3.17. The SMILES string of the molecule is Cc1cccc(CN2CCC[C@@H](Cc3cc(-c4ncc[nH]4)ncn3)C2)n1. The van der Waals surface area contributed by atoms with Crippen LogP contribution < -0.4 is 0 Å². The Morgan fingerprint density at radius 3 is 3.00 bits per heavy atom. The molecule has 0 spiro atoms. The van der Waals surface area contributed by atoms with Crippen molar-refractivity contribution < 1.29 is 0 Å². The highest BCUT2D eigenvalue weighted by molar-refractivity contribution is 5.48. The molecule has 1 saturated heterocycles. The fourth-order valence-corrected chi connectivity index (χ4v) is 3.72. The van der Waals surface area contributed by atoms with E-state index in [1.165, 1.54) is 12.8 Å². The second kappa shape index (κ2) is 7.74. The maximum absolute atomic E-state index is 4.64. The molecule has 1 aliphatic rings. The normalized spacial score (nSPS) is 18.1. The van der Waals surface area contributed by atoms with Gasteiger partial charge in [0, 0.05) is 36.9 Å². The second-order valence-corrected chi connectivity index (χ2v) is 7.05. The molecule has 26 heavy (non-hydrogen) atoms. The maximum atomic E-state index is 4.64. The lowest BCUT2D eigenvalue weighted by atomic mass is 9.93. The molecule has 4 heterocycles. The number of H-pyrrole nitrogens is 1. The fourth-order valence-electron chi connectivity index (χ4n) is 3.72. The summed E-state index contributed by atoms with van der Waals surface area (Å²) in [6.07, 6.45) is 8.66. The van der Waals surface area contributed by atoms with E-state index in [4.69, 9.17) is 0 Å². The molecule has 1 atom stereocenters. The van der Waals surface area contributed by atoms with Gasteiger partial charge in [-0.15, -0.1) is 0 Å². The minimum atomic E-state index is 0.618. The van der Waals surface area contributed by atoms with E-state index in [0.717, 1.165) is 54.7 Å². The van der Waals surface area contributed by atoms with E-state index < -0.39 is 0 Å². The van der Waals surface area contributed by atoms with Gasteiger partial charge in [-0.2, -0.15) is 0 Å². The van der Waals surface area contributed by atoms with Gasteiger partial charge >= 0.3 is 0 Å². The standard InChI is InChI=1S/C20H24N6/c1-15-4-2-6-17(25-15)13-26-9-3-5-16(12-26)10-18-11-19(24-14-23-18)20-21-7-8-22-20/h2,4,6-8,11,14,16H,3,5,9-10,12-13H2,1H3,(H,21,22)/t16-/m0/s1. The first kappa shape index (κ1) is 16.8. The van der Waals surface area contributed by atoms with Crippen molar-refractivity contribution in [3.63, 3.8) is 0 Å². The van der Waals surface area contributed by atoms with Gasteiger partial charge in [0.05, 0.1) is 5.69 Å². The molecule has 0 unspecified atom stereocenters. The summed E-state index contributed by atoms with van der Waals surface area (Å²) in [7, 11) is 0. The molecule has 134 valence electrons. The first-order valence-corrected chi connectivity index (χ1v) is 9.22. The number of aryl methyl sites for hydroxylation is 1. The van der Waals surface area contributed by atoms with Crippen LogP contribution in [0.25, 0.3) is 11.5 Å². The van der Waals surface area contributed by atoms with E-state index in [-0.39, 0.29) is 0 Å². The van der Waals surface area contributed by atoms with Gasteiger partial charge in [-0.1, -0.05) is 6.07 Å². The monoisotopic (exact) mass is 348 g/mol. The Labute approximate surface area is 153 Å². The van der Waals surface area contributed by atoms with Gasteiger partial charge in [0.2, 0.25) is 0 Å². The van der Waals surface area contributed by atoms with Crippen LogP contribution in [0.15, 0.2) is 43.0 Å². The van der Waals surface area contributed by atoms with Gasteiger partial charge in [0.1, 0.15) is 12.0 Å². The summed E-state index contributed by atoms with van der Waals surface area (Å²) < 4.78 is 0. The molecule has 6 heteroatoms. The smallest absolute Gasteiger partial charge is 0.156 e. The summed E-state index contributed by atoms with van der Waals surface area (Å²) in [6, 6.07) is 8.32. The van der Waals surface area contributed by atoms with E-state index >= 15 is 0 Å². The number of aromatic nitrogens is 5. The number of piperidine rings is 1. The van der Waals surface area contributed by atoms with Crippen molar-refractivity contribution in [3.8, 4) is 11.5 Å². The summed E-state index contributed by atoms with van der Waals surface area (Å²) in [5, 5.41) is 0. The molecule has 0 aromatic carbocycles. The predicted molar refractivity (Wildman–Crippen MR) is 100 cm³/mol. The molecule has 1 N–H and O–H groups in total. The Morgan fingerprint density at radius 1 is 1.19 bits per heavy atom. The van der Waals surface area contributed by atoms with Crippen LogP contribution in [0.1, 0.15) is 29.9 Å². The van der Waals surface area contributed by atoms with Gasteiger partial charge in [-0.05, 0) is 56.8 Å². The Kier molecular flexibility index (Phi) is 5.02. The van der Waals surface area contributed by atoms with Crippen molar-refractivity contribution in [1.82, 2.24) is 29.8 Å². The van der Waals surface area contributed by atoms with E-state index in [2.05, 4.69) is 48.0 Å². The van der Waals surface area contributed by atoms with Gasteiger partial charge in [0.15, 0.2) is 5.82 Å². The molecule has 0 radical (unpaired) electrons. The van der Waals surface area contributed by atoms with E-state index in [1.54, 1.807) is 12.5 Å². The van der Waals surface area contributed by atoms with Crippen LogP contribution >= 0.6 is 0 Å². The number of imidazole rings is 1. The lowest BCUT2D eigenvalue weighted by Crippen LogP contribution is -2.36. The molecule has 0 saturated carbocycles. The number of hydrogen-bond donors (Lipinski definition) is 1. The highest BCUT2D eigenvalue weighted by Gasteiger charge is 2.21. The summed E-state index contributed by atoms with van der Waals surface area (Å²) in [5.74, 6) is 1.41. The van der Waals surface area contributed by atoms with Gasteiger partial charge in [0.25, 0.3) is 0 Å². The third-order valence-corrected chi connectivity index (χ3v) is 4.90. The Bertz CT molecular complexity index is 845. The lowest BCUT2D eigenvalue weighted by molar-refractivity contribution is 0.164. The maximum Gasteiger partial charge on any atom is 0.156 e. The summed E-state index contributed by atoms with van der Waals surface area (Å²) in [4.78, 5) is 23.4.